The summed E-state index contributed by atoms with van der Waals surface area (Å²) in [5.41, 5.74) is 4.35. The van der Waals surface area contributed by atoms with Crippen molar-refractivity contribution in [2.45, 2.75) is 99.3 Å². The number of fused-ring (bicyclic) bond motifs is 7. The number of aromatic carboxylic acids is 1. The maximum absolute atomic E-state index is 14.6. The molecule has 0 spiro atoms. The largest absolute Gasteiger partial charge is 0.478 e. The molecule has 1 N–H and O–H groups in total. The van der Waals surface area contributed by atoms with Crippen molar-refractivity contribution in [3.63, 3.8) is 0 Å². The first-order valence-electron chi connectivity index (χ1n) is 18.0. The number of carbonyl (C=O) groups is 2. The van der Waals surface area contributed by atoms with Crippen LogP contribution in [0.15, 0.2) is 54.1 Å². The Kier molecular flexibility index (Phi) is 7.60. The summed E-state index contributed by atoms with van der Waals surface area (Å²) in [6.07, 6.45) is 14.3. The van der Waals surface area contributed by atoms with E-state index in [0.717, 1.165) is 42.8 Å². The Hall–Kier alpha value is -2.73. The Labute approximate surface area is 285 Å². The summed E-state index contributed by atoms with van der Waals surface area (Å²) in [5, 5.41) is 12.2. The van der Waals surface area contributed by atoms with Crippen molar-refractivity contribution in [2.75, 3.05) is 11.9 Å². The predicted octanol–water partition coefficient (Wildman–Crippen LogP) is 10.2. The molecule has 47 heavy (non-hydrogen) atoms. The second-order valence-corrected chi connectivity index (χ2v) is 18.3. The van der Waals surface area contributed by atoms with Crippen LogP contribution < -0.4 is 4.90 Å². The van der Waals surface area contributed by atoms with Crippen LogP contribution in [0.5, 0.6) is 0 Å². The third-order valence-corrected chi connectivity index (χ3v) is 16.4. The summed E-state index contributed by atoms with van der Waals surface area (Å²) in [5.74, 6) is 1.82. The molecule has 1 aromatic carbocycles. The molecule has 0 saturated heterocycles. The molecular formula is C41H54N2O3S. The van der Waals surface area contributed by atoms with Crippen molar-refractivity contribution in [3.8, 4) is 0 Å². The van der Waals surface area contributed by atoms with Crippen molar-refractivity contribution in [1.29, 1.82) is 0 Å². The molecule has 252 valence electrons. The first kappa shape index (κ1) is 32.8. The predicted molar refractivity (Wildman–Crippen MR) is 191 cm³/mol. The molecule has 0 unspecified atom stereocenters. The number of thiazole rings is 1. The van der Waals surface area contributed by atoms with Gasteiger partial charge < -0.3 is 5.11 Å². The lowest BCUT2D eigenvalue weighted by molar-refractivity contribution is -0.224. The van der Waals surface area contributed by atoms with Crippen molar-refractivity contribution >= 4 is 33.9 Å². The summed E-state index contributed by atoms with van der Waals surface area (Å²) in [6.45, 7) is 19.5. The van der Waals surface area contributed by atoms with E-state index in [9.17, 15) is 14.7 Å². The third-order valence-electron chi connectivity index (χ3n) is 15.5. The first-order chi connectivity index (χ1) is 22.1. The number of hydrogen-bond donors (Lipinski definition) is 1. The molecule has 7 rings (SSSR count). The van der Waals surface area contributed by atoms with Gasteiger partial charge in [0.2, 0.25) is 5.91 Å². The summed E-state index contributed by atoms with van der Waals surface area (Å²) in [6, 6.07) is 7.54. The average molecular weight is 655 g/mol. The monoisotopic (exact) mass is 654 g/mol. The Morgan fingerprint density at radius 3 is 2.30 bits per heavy atom. The van der Waals surface area contributed by atoms with E-state index in [1.807, 2.05) is 29.5 Å². The highest BCUT2D eigenvalue weighted by atomic mass is 32.1. The molecule has 1 amide bonds. The number of carboxylic acids is 1. The van der Waals surface area contributed by atoms with E-state index in [2.05, 4.69) is 59.2 Å². The van der Waals surface area contributed by atoms with Crippen LogP contribution in [0.1, 0.15) is 115 Å². The van der Waals surface area contributed by atoms with Gasteiger partial charge in [-0.05, 0) is 139 Å². The normalized spacial score (nSPS) is 40.2. The van der Waals surface area contributed by atoms with Gasteiger partial charge in [0.05, 0.1) is 11.0 Å². The van der Waals surface area contributed by atoms with E-state index in [1.165, 1.54) is 36.8 Å². The molecule has 0 aliphatic heterocycles. The summed E-state index contributed by atoms with van der Waals surface area (Å²) in [7, 11) is 1.95. The number of carbonyl (C=O) groups excluding carboxylic acids is 1. The molecule has 0 radical (unpaired) electrons. The SMILES string of the molecule is C=C(C)[C@@H]1CC[C@]2(C(=O)N(C)c3nccs3)CC[C@]3(C)[C@H](CC[C@@H]4[C@@]5(C)CC=C(c6ccc(C(=O)O)cc6)C(C)(C)[C@@H]5CC[C@]43C)[C@@H]12. The molecule has 0 bridgehead atoms. The zero-order valence-corrected chi connectivity index (χ0v) is 30.4. The van der Waals surface area contributed by atoms with Crippen LogP contribution in [-0.4, -0.2) is 29.0 Å². The number of carboxylic acid groups (broad SMARTS) is 1. The summed E-state index contributed by atoms with van der Waals surface area (Å²) >= 11 is 1.56. The van der Waals surface area contributed by atoms with Crippen LogP contribution in [0.4, 0.5) is 5.13 Å². The van der Waals surface area contributed by atoms with Gasteiger partial charge in [0.25, 0.3) is 0 Å². The van der Waals surface area contributed by atoms with E-state index in [0.29, 0.717) is 35.2 Å². The van der Waals surface area contributed by atoms with Crippen LogP contribution in [0, 0.1) is 56.7 Å². The fourth-order valence-corrected chi connectivity index (χ4v) is 13.8. The molecule has 4 saturated carbocycles. The zero-order chi connectivity index (χ0) is 33.7. The molecule has 9 atom stereocenters. The van der Waals surface area contributed by atoms with E-state index >= 15 is 0 Å². The maximum Gasteiger partial charge on any atom is 0.335 e. The standard InChI is InChI=1S/C41H54N2O3S/c1-25(2)28-15-20-41(35(46)43(8)36-42-23-24-47-36)22-21-39(6)30(33(28)41)13-14-32-38(5)18-16-29(26-9-11-27(12-10-26)34(44)45)37(3,4)31(38)17-19-40(32,39)7/h9-12,16,23-24,28,30-33H,1,13-15,17-22H2,2-8H3,(H,44,45)/t28-,30+,31-,32+,33+,38-,39+,40+,41-/m0/s1. The highest BCUT2D eigenvalue weighted by Gasteiger charge is 2.71. The lowest BCUT2D eigenvalue weighted by Gasteiger charge is -2.72. The van der Waals surface area contributed by atoms with Crippen molar-refractivity contribution in [1.82, 2.24) is 4.98 Å². The van der Waals surface area contributed by atoms with Crippen LogP contribution in [0.25, 0.3) is 5.57 Å². The lowest BCUT2D eigenvalue weighted by Crippen LogP contribution is -2.66. The van der Waals surface area contributed by atoms with Gasteiger partial charge in [0.1, 0.15) is 0 Å². The number of benzene rings is 1. The molecule has 1 heterocycles. The smallest absolute Gasteiger partial charge is 0.335 e. The molecule has 5 aliphatic carbocycles. The number of amides is 1. The molecule has 1 aromatic heterocycles. The molecule has 4 fully saturated rings. The van der Waals surface area contributed by atoms with Crippen molar-refractivity contribution in [2.24, 2.45) is 56.7 Å². The van der Waals surface area contributed by atoms with E-state index in [1.54, 1.807) is 29.7 Å². The van der Waals surface area contributed by atoms with Gasteiger partial charge in [-0.3, -0.25) is 9.69 Å². The maximum atomic E-state index is 14.6. The van der Waals surface area contributed by atoms with E-state index in [4.69, 9.17) is 0 Å². The van der Waals surface area contributed by atoms with E-state index in [-0.39, 0.29) is 33.0 Å². The van der Waals surface area contributed by atoms with Gasteiger partial charge in [0.15, 0.2) is 5.13 Å². The third kappa shape index (κ3) is 4.41. The molecule has 6 heteroatoms. The minimum Gasteiger partial charge on any atom is -0.478 e. The van der Waals surface area contributed by atoms with Crippen LogP contribution in [0.3, 0.4) is 0 Å². The highest BCUT2D eigenvalue weighted by Crippen LogP contribution is 2.78. The Bertz CT molecular complexity index is 1630. The first-order valence-corrected chi connectivity index (χ1v) is 18.9. The Balaban J connectivity index is 1.24. The van der Waals surface area contributed by atoms with Crippen molar-refractivity contribution in [3.05, 3.63) is 65.2 Å². The number of aromatic nitrogens is 1. The molecule has 5 nitrogen and oxygen atoms in total. The average Bonchev–Trinajstić information content (AvgIpc) is 3.70. The molecule has 2 aromatic rings. The Morgan fingerprint density at radius 1 is 0.936 bits per heavy atom. The minimum absolute atomic E-state index is 0.0120. The number of rotatable bonds is 5. The Morgan fingerprint density at radius 2 is 1.66 bits per heavy atom. The van der Waals surface area contributed by atoms with Gasteiger partial charge >= 0.3 is 5.97 Å². The highest BCUT2D eigenvalue weighted by molar-refractivity contribution is 7.13. The number of anilines is 1. The topological polar surface area (TPSA) is 70.5 Å². The van der Waals surface area contributed by atoms with Gasteiger partial charge in [-0.1, -0.05) is 65.0 Å². The summed E-state index contributed by atoms with van der Waals surface area (Å²) in [4.78, 5) is 32.6. The molecular weight excluding hydrogens is 601 g/mol. The van der Waals surface area contributed by atoms with Crippen molar-refractivity contribution < 1.29 is 14.7 Å². The van der Waals surface area contributed by atoms with Gasteiger partial charge in [-0.2, -0.15) is 0 Å². The number of allylic oxidation sites excluding steroid dienone is 3. The lowest BCUT2D eigenvalue weighted by atomic mass is 9.32. The molecule has 5 aliphatic rings. The van der Waals surface area contributed by atoms with Gasteiger partial charge in [0, 0.05) is 18.6 Å². The second-order valence-electron chi connectivity index (χ2n) is 17.4. The zero-order valence-electron chi connectivity index (χ0n) is 29.6. The van der Waals surface area contributed by atoms with Crippen LogP contribution in [0.2, 0.25) is 0 Å². The minimum atomic E-state index is -0.875. The van der Waals surface area contributed by atoms with Crippen LogP contribution >= 0.6 is 11.3 Å². The number of hydrogen-bond acceptors (Lipinski definition) is 4. The fourth-order valence-electron chi connectivity index (χ4n) is 13.2. The summed E-state index contributed by atoms with van der Waals surface area (Å²) < 4.78 is 0. The quantitative estimate of drug-likeness (QED) is 0.326. The number of nitrogens with zero attached hydrogens (tertiary/aromatic N) is 2. The van der Waals surface area contributed by atoms with Gasteiger partial charge in [-0.15, -0.1) is 11.3 Å². The van der Waals surface area contributed by atoms with E-state index < -0.39 is 5.97 Å². The van der Waals surface area contributed by atoms with Crippen LogP contribution in [-0.2, 0) is 4.79 Å². The second kappa shape index (κ2) is 10.9. The van der Waals surface area contributed by atoms with Gasteiger partial charge in [-0.25, -0.2) is 9.78 Å². The fraction of sp³-hybridized carbons (Fsp3) is 0.634.